The fourth-order valence-electron chi connectivity index (χ4n) is 4.76. The highest BCUT2D eigenvalue weighted by Crippen LogP contribution is 2.29. The molecule has 0 radical (unpaired) electrons. The van der Waals surface area contributed by atoms with Crippen molar-refractivity contribution in [2.75, 3.05) is 19.7 Å². The maximum Gasteiger partial charge on any atom is 0.0956 e. The third-order valence-corrected chi connectivity index (χ3v) is 6.38. The molecule has 1 saturated heterocycles. The molecule has 0 bridgehead atoms. The second-order valence-electron chi connectivity index (χ2n) is 8.31. The number of benzene rings is 2. The van der Waals surface area contributed by atoms with E-state index in [9.17, 15) is 5.11 Å². The topological polar surface area (TPSA) is 32.7 Å². The molecule has 1 heterocycles. The number of hydrogen-bond acceptors (Lipinski definition) is 3. The van der Waals surface area contributed by atoms with Crippen LogP contribution < -0.4 is 0 Å². The van der Waals surface area contributed by atoms with Crippen molar-refractivity contribution in [1.82, 2.24) is 4.90 Å². The maximum absolute atomic E-state index is 10.7. The molecule has 1 aliphatic heterocycles. The molecule has 4 rings (SSSR count). The van der Waals surface area contributed by atoms with Gasteiger partial charge in [0, 0.05) is 12.6 Å². The Hall–Kier alpha value is -1.68. The zero-order valence-corrected chi connectivity index (χ0v) is 16.8. The minimum Gasteiger partial charge on any atom is -0.389 e. The van der Waals surface area contributed by atoms with Crippen LogP contribution in [0.4, 0.5) is 0 Å². The van der Waals surface area contributed by atoms with E-state index in [4.69, 9.17) is 4.74 Å². The zero-order chi connectivity index (χ0) is 19.2. The van der Waals surface area contributed by atoms with Gasteiger partial charge in [-0.05, 0) is 68.3 Å². The van der Waals surface area contributed by atoms with E-state index in [0.29, 0.717) is 6.04 Å². The van der Waals surface area contributed by atoms with E-state index in [0.717, 1.165) is 45.4 Å². The van der Waals surface area contributed by atoms with Crippen molar-refractivity contribution < 1.29 is 9.84 Å². The number of aryl methyl sites for hydroxylation is 1. The van der Waals surface area contributed by atoms with Crippen LogP contribution in [0.2, 0.25) is 0 Å². The van der Waals surface area contributed by atoms with Crippen LogP contribution in [0, 0.1) is 0 Å². The molecule has 1 aliphatic carbocycles. The normalized spacial score (nSPS) is 25.8. The first-order valence-corrected chi connectivity index (χ1v) is 11.0. The largest absolute Gasteiger partial charge is 0.389 e. The Balaban J connectivity index is 1.20. The molecule has 0 amide bonds. The van der Waals surface area contributed by atoms with Gasteiger partial charge in [-0.25, -0.2) is 0 Å². The standard InChI is InChI=1S/C25H33NO2/c27-25-23(26-17-5-2-6-18-26)15-16-24(25)28-19-7-8-20-11-13-22(14-12-20)21-9-3-1-4-10-21/h1,3-4,9-14,23-25,27H,2,5-8,15-19H2/t23-,24+,25+/m1/s1. The first-order valence-electron chi connectivity index (χ1n) is 11.0. The summed E-state index contributed by atoms with van der Waals surface area (Å²) in [4.78, 5) is 2.49. The first-order chi connectivity index (χ1) is 13.8. The summed E-state index contributed by atoms with van der Waals surface area (Å²) in [6.07, 6.45) is 7.69. The molecule has 28 heavy (non-hydrogen) atoms. The minimum absolute atomic E-state index is 0.0207. The number of piperidine rings is 1. The highest BCUT2D eigenvalue weighted by Gasteiger charge is 2.38. The second-order valence-corrected chi connectivity index (χ2v) is 8.31. The van der Waals surface area contributed by atoms with Gasteiger partial charge >= 0.3 is 0 Å². The van der Waals surface area contributed by atoms with Gasteiger partial charge in [-0.2, -0.15) is 0 Å². The van der Waals surface area contributed by atoms with Crippen LogP contribution in [0.15, 0.2) is 54.6 Å². The molecule has 0 spiro atoms. The summed E-state index contributed by atoms with van der Waals surface area (Å²) in [5, 5.41) is 10.7. The quantitative estimate of drug-likeness (QED) is 0.709. The van der Waals surface area contributed by atoms with Crippen molar-refractivity contribution in [3.63, 3.8) is 0 Å². The summed E-state index contributed by atoms with van der Waals surface area (Å²) >= 11 is 0. The minimum atomic E-state index is -0.316. The smallest absolute Gasteiger partial charge is 0.0956 e. The molecule has 1 saturated carbocycles. The lowest BCUT2D eigenvalue weighted by molar-refractivity contribution is -0.0453. The Morgan fingerprint density at radius 3 is 2.32 bits per heavy atom. The van der Waals surface area contributed by atoms with Gasteiger partial charge in [-0.1, -0.05) is 61.0 Å². The van der Waals surface area contributed by atoms with Crippen LogP contribution in [-0.4, -0.2) is 48.0 Å². The van der Waals surface area contributed by atoms with Crippen LogP contribution in [0.3, 0.4) is 0 Å². The summed E-state index contributed by atoms with van der Waals surface area (Å²) < 4.78 is 6.07. The van der Waals surface area contributed by atoms with E-state index in [1.807, 2.05) is 6.07 Å². The van der Waals surface area contributed by atoms with Crippen molar-refractivity contribution in [2.45, 2.75) is 63.2 Å². The van der Waals surface area contributed by atoms with Gasteiger partial charge in [-0.3, -0.25) is 4.90 Å². The SMILES string of the molecule is O[C@@H]1[C@@H](OCCCc2ccc(-c3ccccc3)cc2)CC[C@H]1N1CCCCC1. The second kappa shape index (κ2) is 9.69. The molecule has 2 aromatic rings. The summed E-state index contributed by atoms with van der Waals surface area (Å²) in [5.74, 6) is 0. The molecule has 3 heteroatoms. The molecule has 2 fully saturated rings. The Morgan fingerprint density at radius 2 is 1.57 bits per heavy atom. The number of ether oxygens (including phenoxy) is 1. The molecule has 0 aromatic heterocycles. The molecule has 2 aliphatic rings. The number of aliphatic hydroxyl groups is 1. The lowest BCUT2D eigenvalue weighted by Gasteiger charge is -2.34. The zero-order valence-electron chi connectivity index (χ0n) is 16.8. The molecule has 1 N–H and O–H groups in total. The number of rotatable bonds is 7. The van der Waals surface area contributed by atoms with Crippen molar-refractivity contribution in [3.05, 3.63) is 60.2 Å². The predicted molar refractivity (Wildman–Crippen MR) is 114 cm³/mol. The molecule has 0 unspecified atom stereocenters. The third-order valence-electron chi connectivity index (χ3n) is 6.38. The van der Waals surface area contributed by atoms with Crippen LogP contribution in [0.1, 0.15) is 44.1 Å². The monoisotopic (exact) mass is 379 g/mol. The van der Waals surface area contributed by atoms with Crippen LogP contribution >= 0.6 is 0 Å². The fraction of sp³-hybridized carbons (Fsp3) is 0.520. The van der Waals surface area contributed by atoms with E-state index in [1.165, 1.54) is 36.0 Å². The van der Waals surface area contributed by atoms with Crippen LogP contribution in [0.5, 0.6) is 0 Å². The van der Waals surface area contributed by atoms with Gasteiger partial charge in [-0.15, -0.1) is 0 Å². The van der Waals surface area contributed by atoms with Gasteiger partial charge < -0.3 is 9.84 Å². The Labute approximate surface area is 169 Å². The van der Waals surface area contributed by atoms with E-state index < -0.39 is 0 Å². The number of hydrogen-bond donors (Lipinski definition) is 1. The van der Waals surface area contributed by atoms with Gasteiger partial charge in [0.05, 0.1) is 12.2 Å². The highest BCUT2D eigenvalue weighted by molar-refractivity contribution is 5.63. The number of likely N-dealkylation sites (tertiary alicyclic amines) is 1. The van der Waals surface area contributed by atoms with Crippen molar-refractivity contribution in [3.8, 4) is 11.1 Å². The lowest BCUT2D eigenvalue weighted by Crippen LogP contribution is -2.46. The van der Waals surface area contributed by atoms with Gasteiger partial charge in [0.25, 0.3) is 0 Å². The number of nitrogens with zero attached hydrogens (tertiary/aromatic N) is 1. The van der Waals surface area contributed by atoms with E-state index in [1.54, 1.807) is 0 Å². The molecule has 3 nitrogen and oxygen atoms in total. The van der Waals surface area contributed by atoms with Gasteiger partial charge in [0.1, 0.15) is 0 Å². The molecule has 3 atom stereocenters. The average Bonchev–Trinajstić information content (AvgIpc) is 3.13. The van der Waals surface area contributed by atoms with E-state index in [2.05, 4.69) is 53.4 Å². The molecular formula is C25H33NO2. The molecular weight excluding hydrogens is 346 g/mol. The Kier molecular flexibility index (Phi) is 6.79. The molecule has 150 valence electrons. The average molecular weight is 380 g/mol. The summed E-state index contributed by atoms with van der Waals surface area (Å²) in [6.45, 7) is 3.02. The predicted octanol–water partition coefficient (Wildman–Crippen LogP) is 4.68. The summed E-state index contributed by atoms with van der Waals surface area (Å²) in [6, 6.07) is 19.7. The van der Waals surface area contributed by atoms with Crippen molar-refractivity contribution in [1.29, 1.82) is 0 Å². The lowest BCUT2D eigenvalue weighted by atomic mass is 10.0. The number of aliphatic hydroxyl groups excluding tert-OH is 1. The van der Waals surface area contributed by atoms with E-state index >= 15 is 0 Å². The molecule has 2 aromatic carbocycles. The Morgan fingerprint density at radius 1 is 0.857 bits per heavy atom. The van der Waals surface area contributed by atoms with Crippen LogP contribution in [0.25, 0.3) is 11.1 Å². The van der Waals surface area contributed by atoms with Crippen molar-refractivity contribution >= 4 is 0 Å². The highest BCUT2D eigenvalue weighted by atomic mass is 16.5. The maximum atomic E-state index is 10.7. The van der Waals surface area contributed by atoms with Gasteiger partial charge in [0.15, 0.2) is 0 Å². The van der Waals surface area contributed by atoms with E-state index in [-0.39, 0.29) is 12.2 Å². The van der Waals surface area contributed by atoms with Gasteiger partial charge in [0.2, 0.25) is 0 Å². The van der Waals surface area contributed by atoms with Crippen LogP contribution in [-0.2, 0) is 11.2 Å². The first kappa shape index (κ1) is 19.6. The third kappa shape index (κ3) is 4.83. The summed E-state index contributed by atoms with van der Waals surface area (Å²) in [7, 11) is 0. The van der Waals surface area contributed by atoms with Crippen molar-refractivity contribution in [2.24, 2.45) is 0 Å². The fourth-order valence-corrected chi connectivity index (χ4v) is 4.76. The summed E-state index contributed by atoms with van der Waals surface area (Å²) in [5.41, 5.74) is 3.87. The Bertz CT molecular complexity index is 709.